The lowest BCUT2D eigenvalue weighted by Crippen LogP contribution is -2.15. The van der Waals surface area contributed by atoms with E-state index in [1.165, 1.54) is 115 Å². The van der Waals surface area contributed by atoms with E-state index in [1.54, 1.807) is 0 Å². The molecule has 1 aromatic heterocycles. The summed E-state index contributed by atoms with van der Waals surface area (Å²) in [6.07, 6.45) is 0. The molecule has 0 aliphatic rings. The van der Waals surface area contributed by atoms with Gasteiger partial charge in [0.05, 0.1) is 28.1 Å². The minimum Gasteiger partial charge on any atom is -0.309 e. The lowest BCUT2D eigenvalue weighted by Gasteiger charge is -2.31. The van der Waals surface area contributed by atoms with Crippen LogP contribution in [0.15, 0.2) is 243 Å². The lowest BCUT2D eigenvalue weighted by molar-refractivity contribution is 0.590. The first-order chi connectivity index (χ1) is 36.0. The molecular weight excluding hydrogens is 893 g/mol. The van der Waals surface area contributed by atoms with Gasteiger partial charge in [-0.1, -0.05) is 230 Å². The van der Waals surface area contributed by atoms with Crippen molar-refractivity contribution >= 4 is 71.2 Å². The second-order valence-corrected chi connectivity index (χ2v) is 22.1. The average molecular weight is 951 g/mol. The molecule has 0 aliphatic heterocycles. The summed E-state index contributed by atoms with van der Waals surface area (Å²) in [5, 5.41) is 9.97. The largest absolute Gasteiger partial charge is 0.309 e. The van der Waals surface area contributed by atoms with E-state index in [2.05, 4.69) is 294 Å². The highest BCUT2D eigenvalue weighted by molar-refractivity contribution is 6.27. The van der Waals surface area contributed by atoms with E-state index in [9.17, 15) is 0 Å². The smallest absolute Gasteiger partial charge is 0.0541 e. The van der Waals surface area contributed by atoms with E-state index in [4.69, 9.17) is 0 Å². The van der Waals surface area contributed by atoms with Gasteiger partial charge in [0, 0.05) is 32.8 Å². The van der Waals surface area contributed by atoms with Crippen LogP contribution in [0.5, 0.6) is 0 Å². The quantitative estimate of drug-likeness (QED) is 0.138. The Balaban J connectivity index is 1.04. The molecule has 0 radical (unpaired) electrons. The molecule has 0 fully saturated rings. The standard InChI is InChI=1S/C72H58N2/c1-71(2,3)54-35-27-48(28-36-54)57-21-10-11-22-58(57)49-29-38-56(39-30-49)73(68-44-37-55(72(4,5)6)46-63(68)53-20-16-19-52(45-53)47-17-8-7-9-18-47)66-42-33-50-32-41-62-67(43-34-51-31-40-61(66)69(50)70(51)62)74-64-25-14-12-23-59(64)60-24-13-15-26-65(60)74/h7-46H,1-6H3. The van der Waals surface area contributed by atoms with Crippen LogP contribution < -0.4 is 4.90 Å². The summed E-state index contributed by atoms with van der Waals surface area (Å²) < 4.78 is 2.47. The molecule has 356 valence electrons. The SMILES string of the molecule is CC(C)(C)c1ccc(-c2ccccc2-c2ccc(N(c3ccc(C(C)(C)C)cc3-c3cccc(-c4ccccc4)c3)c3ccc4ccc5c(-n6c7ccccc7c7ccccc76)ccc6ccc3c4c65)cc2)cc1. The molecule has 0 unspecified atom stereocenters. The number of aromatic nitrogens is 1. The van der Waals surface area contributed by atoms with E-state index >= 15 is 0 Å². The second kappa shape index (κ2) is 17.5. The zero-order valence-corrected chi connectivity index (χ0v) is 43.0. The number of hydrogen-bond acceptors (Lipinski definition) is 1. The Morgan fingerprint density at radius 1 is 0.311 bits per heavy atom. The van der Waals surface area contributed by atoms with E-state index in [1.807, 2.05) is 0 Å². The number of para-hydroxylation sites is 2. The molecule has 2 nitrogen and oxygen atoms in total. The summed E-state index contributed by atoms with van der Waals surface area (Å²) in [4.78, 5) is 2.53. The third-order valence-electron chi connectivity index (χ3n) is 15.5. The fraction of sp³-hybridized carbons (Fsp3) is 0.111. The first-order valence-corrected chi connectivity index (χ1v) is 26.1. The fourth-order valence-corrected chi connectivity index (χ4v) is 11.6. The molecular formula is C72H58N2. The molecule has 0 spiro atoms. The number of fused-ring (bicyclic) bond motifs is 3. The van der Waals surface area contributed by atoms with Gasteiger partial charge in [0.25, 0.3) is 0 Å². The van der Waals surface area contributed by atoms with Crippen LogP contribution in [0, 0.1) is 0 Å². The summed E-state index contributed by atoms with van der Waals surface area (Å²) in [5.41, 5.74) is 19.2. The summed E-state index contributed by atoms with van der Waals surface area (Å²) in [5.74, 6) is 0. The molecule has 2 heteroatoms. The Morgan fingerprint density at radius 2 is 0.811 bits per heavy atom. The molecule has 0 N–H and O–H groups in total. The number of benzene rings is 12. The summed E-state index contributed by atoms with van der Waals surface area (Å²) in [7, 11) is 0. The lowest BCUT2D eigenvalue weighted by atomic mass is 9.84. The predicted molar refractivity (Wildman–Crippen MR) is 318 cm³/mol. The van der Waals surface area contributed by atoms with Crippen LogP contribution in [0.2, 0.25) is 0 Å². The third-order valence-corrected chi connectivity index (χ3v) is 15.5. The monoisotopic (exact) mass is 950 g/mol. The maximum atomic E-state index is 2.53. The van der Waals surface area contributed by atoms with Crippen molar-refractivity contribution in [3.05, 3.63) is 254 Å². The van der Waals surface area contributed by atoms with Gasteiger partial charge in [0.15, 0.2) is 0 Å². The first kappa shape index (κ1) is 45.2. The summed E-state index contributed by atoms with van der Waals surface area (Å²) >= 11 is 0. The van der Waals surface area contributed by atoms with Crippen molar-refractivity contribution in [2.45, 2.75) is 52.4 Å². The normalized spacial score (nSPS) is 12.2. The van der Waals surface area contributed by atoms with E-state index in [-0.39, 0.29) is 10.8 Å². The summed E-state index contributed by atoms with van der Waals surface area (Å²) in [6, 6.07) is 90.6. The predicted octanol–water partition coefficient (Wildman–Crippen LogP) is 20.4. The van der Waals surface area contributed by atoms with Crippen LogP contribution in [-0.4, -0.2) is 4.57 Å². The Morgan fingerprint density at radius 3 is 1.46 bits per heavy atom. The summed E-state index contributed by atoms with van der Waals surface area (Å²) in [6.45, 7) is 13.8. The topological polar surface area (TPSA) is 8.17 Å². The highest BCUT2D eigenvalue weighted by Gasteiger charge is 2.25. The fourth-order valence-electron chi connectivity index (χ4n) is 11.6. The van der Waals surface area contributed by atoms with Crippen LogP contribution in [0.25, 0.3) is 104 Å². The van der Waals surface area contributed by atoms with Crippen molar-refractivity contribution in [2.75, 3.05) is 4.90 Å². The van der Waals surface area contributed by atoms with Gasteiger partial charge in [-0.3, -0.25) is 0 Å². The van der Waals surface area contributed by atoms with E-state index in [0.717, 1.165) is 17.1 Å². The molecule has 12 aromatic carbocycles. The number of nitrogens with zero attached hydrogens (tertiary/aromatic N) is 2. The minimum atomic E-state index is -0.0711. The molecule has 13 aromatic rings. The molecule has 0 saturated carbocycles. The second-order valence-electron chi connectivity index (χ2n) is 22.1. The van der Waals surface area contributed by atoms with Crippen molar-refractivity contribution in [3.8, 4) is 50.2 Å². The van der Waals surface area contributed by atoms with Crippen LogP contribution in [0.1, 0.15) is 52.7 Å². The van der Waals surface area contributed by atoms with Crippen LogP contribution in [-0.2, 0) is 10.8 Å². The number of hydrogen-bond donors (Lipinski definition) is 0. The van der Waals surface area contributed by atoms with Gasteiger partial charge in [-0.15, -0.1) is 0 Å². The number of anilines is 3. The van der Waals surface area contributed by atoms with E-state index in [0.29, 0.717) is 0 Å². The maximum Gasteiger partial charge on any atom is 0.0541 e. The van der Waals surface area contributed by atoms with Crippen LogP contribution >= 0.6 is 0 Å². The van der Waals surface area contributed by atoms with Gasteiger partial charge in [-0.05, 0) is 137 Å². The van der Waals surface area contributed by atoms with Crippen molar-refractivity contribution in [1.29, 1.82) is 0 Å². The van der Waals surface area contributed by atoms with Gasteiger partial charge in [0.1, 0.15) is 0 Å². The van der Waals surface area contributed by atoms with Crippen molar-refractivity contribution < 1.29 is 0 Å². The Bertz CT molecular complexity index is 4180. The minimum absolute atomic E-state index is 0.0711. The zero-order chi connectivity index (χ0) is 50.3. The van der Waals surface area contributed by atoms with Crippen LogP contribution in [0.4, 0.5) is 17.1 Å². The highest BCUT2D eigenvalue weighted by Crippen LogP contribution is 2.49. The van der Waals surface area contributed by atoms with Crippen molar-refractivity contribution in [2.24, 2.45) is 0 Å². The molecule has 0 atom stereocenters. The molecule has 1 heterocycles. The molecule has 13 rings (SSSR count). The van der Waals surface area contributed by atoms with E-state index < -0.39 is 0 Å². The van der Waals surface area contributed by atoms with Gasteiger partial charge >= 0.3 is 0 Å². The Kier molecular flexibility index (Phi) is 10.7. The van der Waals surface area contributed by atoms with Crippen LogP contribution in [0.3, 0.4) is 0 Å². The van der Waals surface area contributed by atoms with Gasteiger partial charge in [-0.25, -0.2) is 0 Å². The third kappa shape index (κ3) is 7.64. The maximum absolute atomic E-state index is 2.53. The number of rotatable bonds is 8. The first-order valence-electron chi connectivity index (χ1n) is 26.1. The van der Waals surface area contributed by atoms with Crippen molar-refractivity contribution in [3.63, 3.8) is 0 Å². The molecule has 0 saturated heterocycles. The van der Waals surface area contributed by atoms with Gasteiger partial charge in [-0.2, -0.15) is 0 Å². The Labute approximate surface area is 434 Å². The molecule has 0 amide bonds. The average Bonchev–Trinajstić information content (AvgIpc) is 3.77. The zero-order valence-electron chi connectivity index (χ0n) is 43.0. The van der Waals surface area contributed by atoms with Gasteiger partial charge in [0.2, 0.25) is 0 Å². The molecule has 0 bridgehead atoms. The highest BCUT2D eigenvalue weighted by atomic mass is 15.1. The Hall–Kier alpha value is -8.72. The molecule has 74 heavy (non-hydrogen) atoms. The van der Waals surface area contributed by atoms with Crippen molar-refractivity contribution in [1.82, 2.24) is 4.57 Å². The van der Waals surface area contributed by atoms with Gasteiger partial charge < -0.3 is 9.47 Å². The molecule has 0 aliphatic carbocycles.